The van der Waals surface area contributed by atoms with Gasteiger partial charge in [-0.1, -0.05) is 38.1 Å². The predicted molar refractivity (Wildman–Crippen MR) is 84.1 cm³/mol. The second kappa shape index (κ2) is 6.27. The van der Waals surface area contributed by atoms with Gasteiger partial charge in [-0.3, -0.25) is 0 Å². The molecule has 2 aromatic rings. The molecule has 0 heterocycles. The molecule has 1 atom stereocenters. The summed E-state index contributed by atoms with van der Waals surface area (Å²) in [7, 11) is 1.94. The van der Waals surface area contributed by atoms with Crippen LogP contribution in [0.1, 0.15) is 25.0 Å². The molecule has 3 heteroatoms. The van der Waals surface area contributed by atoms with Crippen LogP contribution in [0.3, 0.4) is 0 Å². The maximum Gasteiger partial charge on any atom is 0.123 e. The molecule has 0 saturated heterocycles. The molecule has 0 radical (unpaired) electrons. The van der Waals surface area contributed by atoms with Gasteiger partial charge >= 0.3 is 0 Å². The summed E-state index contributed by atoms with van der Waals surface area (Å²) in [4.78, 5) is 0. The Kier molecular flexibility index (Phi) is 4.63. The standard InChI is InChI=1S/C18H22FNO/c1-18(2,14-6-8-15(19)9-7-14)17(20-3)12-13-4-10-16(21)11-5-13/h4-11,17,20-21H,12H2,1-3H3. The third-order valence-electron chi connectivity index (χ3n) is 4.18. The van der Waals surface area contributed by atoms with Gasteiger partial charge in [0.2, 0.25) is 0 Å². The maximum absolute atomic E-state index is 13.1. The van der Waals surface area contributed by atoms with Crippen molar-refractivity contribution >= 4 is 0 Å². The van der Waals surface area contributed by atoms with Gasteiger partial charge in [-0.2, -0.15) is 0 Å². The van der Waals surface area contributed by atoms with Crippen LogP contribution in [0.5, 0.6) is 5.75 Å². The van der Waals surface area contributed by atoms with E-state index in [9.17, 15) is 9.50 Å². The van der Waals surface area contributed by atoms with Crippen molar-refractivity contribution in [3.05, 3.63) is 65.5 Å². The van der Waals surface area contributed by atoms with Crippen molar-refractivity contribution in [3.8, 4) is 5.75 Å². The van der Waals surface area contributed by atoms with E-state index in [4.69, 9.17) is 0 Å². The quantitative estimate of drug-likeness (QED) is 0.880. The van der Waals surface area contributed by atoms with E-state index >= 15 is 0 Å². The molecule has 112 valence electrons. The van der Waals surface area contributed by atoms with Crippen LogP contribution in [-0.2, 0) is 11.8 Å². The number of benzene rings is 2. The summed E-state index contributed by atoms with van der Waals surface area (Å²) in [6.07, 6.45) is 0.834. The van der Waals surface area contributed by atoms with Crippen LogP contribution in [0.25, 0.3) is 0 Å². The molecular formula is C18H22FNO. The van der Waals surface area contributed by atoms with Crippen molar-refractivity contribution in [2.75, 3.05) is 7.05 Å². The summed E-state index contributed by atoms with van der Waals surface area (Å²) in [5, 5.41) is 12.7. The normalized spacial score (nSPS) is 13.1. The second-order valence-electron chi connectivity index (χ2n) is 5.94. The third-order valence-corrected chi connectivity index (χ3v) is 4.18. The van der Waals surface area contributed by atoms with E-state index in [0.717, 1.165) is 17.5 Å². The lowest BCUT2D eigenvalue weighted by Gasteiger charge is -2.35. The highest BCUT2D eigenvalue weighted by atomic mass is 19.1. The van der Waals surface area contributed by atoms with Crippen LogP contribution in [0.2, 0.25) is 0 Å². The van der Waals surface area contributed by atoms with Gasteiger partial charge < -0.3 is 10.4 Å². The maximum atomic E-state index is 13.1. The van der Waals surface area contributed by atoms with Crippen molar-refractivity contribution in [2.24, 2.45) is 0 Å². The molecule has 21 heavy (non-hydrogen) atoms. The largest absolute Gasteiger partial charge is 0.508 e. The Morgan fingerprint density at radius 2 is 1.62 bits per heavy atom. The molecule has 2 rings (SSSR count). The summed E-state index contributed by atoms with van der Waals surface area (Å²) in [5.74, 6) is 0.0617. The number of nitrogens with one attached hydrogen (secondary N) is 1. The Labute approximate surface area is 125 Å². The van der Waals surface area contributed by atoms with Gasteiger partial charge in [0, 0.05) is 11.5 Å². The zero-order valence-electron chi connectivity index (χ0n) is 12.7. The van der Waals surface area contributed by atoms with Gasteiger partial charge in [0.1, 0.15) is 11.6 Å². The van der Waals surface area contributed by atoms with Gasteiger partial charge in [0.05, 0.1) is 0 Å². The topological polar surface area (TPSA) is 32.3 Å². The first kappa shape index (κ1) is 15.5. The molecule has 0 saturated carbocycles. The zero-order valence-corrected chi connectivity index (χ0v) is 12.7. The molecule has 0 aliphatic heterocycles. The average Bonchev–Trinajstić information content (AvgIpc) is 2.47. The van der Waals surface area contributed by atoms with E-state index in [1.165, 1.54) is 12.1 Å². The Morgan fingerprint density at radius 1 is 1.05 bits per heavy atom. The van der Waals surface area contributed by atoms with E-state index in [2.05, 4.69) is 19.2 Å². The summed E-state index contributed by atoms with van der Waals surface area (Å²) in [6.45, 7) is 4.31. The minimum atomic E-state index is -0.214. The number of phenolic OH excluding ortho intramolecular Hbond substituents is 1. The highest BCUT2D eigenvalue weighted by Crippen LogP contribution is 2.29. The SMILES string of the molecule is CNC(Cc1ccc(O)cc1)C(C)(C)c1ccc(F)cc1. The van der Waals surface area contributed by atoms with Crippen molar-refractivity contribution in [1.29, 1.82) is 0 Å². The first-order valence-corrected chi connectivity index (χ1v) is 7.14. The molecular weight excluding hydrogens is 265 g/mol. The molecule has 0 aliphatic rings. The summed E-state index contributed by atoms with van der Waals surface area (Å²) in [6, 6.07) is 14.2. The van der Waals surface area contributed by atoms with Crippen LogP contribution >= 0.6 is 0 Å². The van der Waals surface area contributed by atoms with Crippen LogP contribution in [-0.4, -0.2) is 18.2 Å². The number of halogens is 1. The average molecular weight is 287 g/mol. The number of hydrogen-bond donors (Lipinski definition) is 2. The first-order valence-electron chi connectivity index (χ1n) is 7.14. The highest BCUT2D eigenvalue weighted by Gasteiger charge is 2.30. The lowest BCUT2D eigenvalue weighted by molar-refractivity contribution is 0.356. The fourth-order valence-electron chi connectivity index (χ4n) is 2.67. The van der Waals surface area contributed by atoms with E-state index in [1.807, 2.05) is 31.3 Å². The van der Waals surface area contributed by atoms with E-state index in [-0.39, 0.29) is 23.0 Å². The van der Waals surface area contributed by atoms with Crippen molar-refractivity contribution in [1.82, 2.24) is 5.32 Å². The Balaban J connectivity index is 2.22. The van der Waals surface area contributed by atoms with Crippen LogP contribution in [0, 0.1) is 5.82 Å². The minimum Gasteiger partial charge on any atom is -0.508 e. The Hall–Kier alpha value is -1.87. The molecule has 2 N–H and O–H groups in total. The number of hydrogen-bond acceptors (Lipinski definition) is 2. The molecule has 0 spiro atoms. The van der Waals surface area contributed by atoms with Gasteiger partial charge in [-0.25, -0.2) is 4.39 Å². The zero-order chi connectivity index (χ0) is 15.5. The van der Waals surface area contributed by atoms with Crippen molar-refractivity contribution < 1.29 is 9.50 Å². The Bertz CT molecular complexity index is 575. The van der Waals surface area contributed by atoms with Crippen molar-refractivity contribution in [3.63, 3.8) is 0 Å². The predicted octanol–water partition coefficient (Wildman–Crippen LogP) is 3.64. The van der Waals surface area contributed by atoms with Gasteiger partial charge in [-0.05, 0) is 48.9 Å². The summed E-state index contributed by atoms with van der Waals surface area (Å²) >= 11 is 0. The number of phenols is 1. The van der Waals surface area contributed by atoms with Gasteiger partial charge in [0.25, 0.3) is 0 Å². The molecule has 0 fully saturated rings. The smallest absolute Gasteiger partial charge is 0.123 e. The Morgan fingerprint density at radius 3 is 2.14 bits per heavy atom. The van der Waals surface area contributed by atoms with E-state index < -0.39 is 0 Å². The van der Waals surface area contributed by atoms with E-state index in [1.54, 1.807) is 12.1 Å². The third kappa shape index (κ3) is 3.61. The summed E-state index contributed by atoms with van der Waals surface area (Å²) in [5.41, 5.74) is 2.12. The van der Waals surface area contributed by atoms with Crippen LogP contribution < -0.4 is 5.32 Å². The molecule has 0 aliphatic carbocycles. The molecule has 2 nitrogen and oxygen atoms in total. The van der Waals surface area contributed by atoms with Gasteiger partial charge in [0.15, 0.2) is 0 Å². The lowest BCUT2D eigenvalue weighted by atomic mass is 9.75. The highest BCUT2D eigenvalue weighted by molar-refractivity contribution is 5.30. The monoisotopic (exact) mass is 287 g/mol. The number of rotatable bonds is 5. The van der Waals surface area contributed by atoms with Crippen LogP contribution in [0.4, 0.5) is 4.39 Å². The fraction of sp³-hybridized carbons (Fsp3) is 0.333. The first-order chi connectivity index (χ1) is 9.93. The summed E-state index contributed by atoms with van der Waals surface area (Å²) < 4.78 is 13.1. The molecule has 1 unspecified atom stereocenters. The molecule has 0 amide bonds. The second-order valence-corrected chi connectivity index (χ2v) is 5.94. The van der Waals surface area contributed by atoms with Crippen LogP contribution in [0.15, 0.2) is 48.5 Å². The number of aromatic hydroxyl groups is 1. The minimum absolute atomic E-state index is 0.139. The fourth-order valence-corrected chi connectivity index (χ4v) is 2.67. The van der Waals surface area contributed by atoms with Crippen molar-refractivity contribution in [2.45, 2.75) is 31.7 Å². The molecule has 0 bridgehead atoms. The molecule has 0 aromatic heterocycles. The number of likely N-dealkylation sites (N-methyl/N-ethyl adjacent to an activating group) is 1. The van der Waals surface area contributed by atoms with Gasteiger partial charge in [-0.15, -0.1) is 0 Å². The van der Waals surface area contributed by atoms with E-state index in [0.29, 0.717) is 0 Å². The molecule has 2 aromatic carbocycles. The lowest BCUT2D eigenvalue weighted by Crippen LogP contribution is -2.44.